The number of aromatic nitrogens is 3. The van der Waals surface area contributed by atoms with Crippen LogP contribution in [0.25, 0.3) is 111 Å². The quantitative estimate of drug-likeness (QED) is 0.171. The Labute approximate surface area is 330 Å². The maximum atomic E-state index is 9.69. The van der Waals surface area contributed by atoms with E-state index in [4.69, 9.17) is 26.5 Å². The van der Waals surface area contributed by atoms with Crippen LogP contribution < -0.4 is 0 Å². The summed E-state index contributed by atoms with van der Waals surface area (Å²) in [4.78, 5) is 14.7. The summed E-state index contributed by atoms with van der Waals surface area (Å²) in [7, 11) is 0. The molecule has 56 heavy (non-hydrogen) atoms. The highest BCUT2D eigenvalue weighted by molar-refractivity contribution is 6.12. The smallest absolute Gasteiger partial charge is 0.164 e. The number of para-hydroxylation sites is 2. The van der Waals surface area contributed by atoms with Crippen molar-refractivity contribution in [1.29, 1.82) is 0 Å². The normalized spacial score (nSPS) is 13.1. The first kappa shape index (κ1) is 26.2. The van der Waals surface area contributed by atoms with E-state index in [0.29, 0.717) is 33.7 Å². The first-order chi connectivity index (χ1) is 30.2. The molecular weight excluding hydrogens is 687 g/mol. The number of hydrogen-bond donors (Lipinski definition) is 0. The zero-order valence-corrected chi connectivity index (χ0v) is 29.6. The Morgan fingerprint density at radius 1 is 0.375 bits per heavy atom. The number of furan rings is 2. The zero-order valence-electron chi connectivity index (χ0n) is 35.6. The van der Waals surface area contributed by atoms with Gasteiger partial charge in [0, 0.05) is 43.8 Å². The number of benzene rings is 8. The first-order valence-corrected chi connectivity index (χ1v) is 18.2. The fourth-order valence-electron chi connectivity index (χ4n) is 7.38. The van der Waals surface area contributed by atoms with Gasteiger partial charge in [0.25, 0.3) is 0 Å². The van der Waals surface area contributed by atoms with Crippen molar-refractivity contribution in [2.75, 3.05) is 0 Å². The Morgan fingerprint density at radius 2 is 0.982 bits per heavy atom. The van der Waals surface area contributed by atoms with Crippen LogP contribution in [0, 0.1) is 0 Å². The number of nitrogens with zero attached hydrogens (tertiary/aromatic N) is 3. The number of fused-ring (bicyclic) bond motifs is 6. The summed E-state index contributed by atoms with van der Waals surface area (Å²) in [6, 6.07) is 46.4. The average molecular weight is 724 g/mol. The van der Waals surface area contributed by atoms with Gasteiger partial charge < -0.3 is 8.83 Å². The summed E-state index contributed by atoms with van der Waals surface area (Å²) in [6.07, 6.45) is 0. The molecule has 0 aliphatic heterocycles. The molecule has 0 fully saturated rings. The van der Waals surface area contributed by atoms with E-state index in [2.05, 4.69) is 6.07 Å². The molecule has 11 aromatic rings. The summed E-state index contributed by atoms with van der Waals surface area (Å²) in [5, 5.41) is 1.79. The first-order valence-electron chi connectivity index (χ1n) is 21.2. The van der Waals surface area contributed by atoms with E-state index in [-0.39, 0.29) is 81.0 Å². The molecule has 0 saturated carbocycles. The molecule has 5 nitrogen and oxygen atoms in total. The van der Waals surface area contributed by atoms with Gasteiger partial charge in [0.05, 0.1) is 8.22 Å². The maximum absolute atomic E-state index is 9.69. The summed E-state index contributed by atoms with van der Waals surface area (Å²) in [6.45, 7) is 0. The Balaban J connectivity index is 1.18. The van der Waals surface area contributed by atoms with Gasteiger partial charge in [0.15, 0.2) is 17.5 Å². The predicted molar refractivity (Wildman–Crippen MR) is 227 cm³/mol. The second-order valence-electron chi connectivity index (χ2n) is 13.5. The second kappa shape index (κ2) is 13.0. The van der Waals surface area contributed by atoms with Crippen molar-refractivity contribution < 1.29 is 17.1 Å². The third-order valence-electron chi connectivity index (χ3n) is 10.0. The van der Waals surface area contributed by atoms with Crippen molar-refractivity contribution in [3.63, 3.8) is 0 Å². The Hall–Kier alpha value is -7.63. The summed E-state index contributed by atoms with van der Waals surface area (Å²) < 4.78 is 68.8. The van der Waals surface area contributed by atoms with Crippen LogP contribution in [0.5, 0.6) is 0 Å². The van der Waals surface area contributed by atoms with Gasteiger partial charge in [-0.1, -0.05) is 145 Å². The molecule has 0 aliphatic rings. The van der Waals surface area contributed by atoms with E-state index >= 15 is 0 Å². The molecule has 3 aromatic heterocycles. The Morgan fingerprint density at radius 3 is 1.71 bits per heavy atom. The summed E-state index contributed by atoms with van der Waals surface area (Å²) >= 11 is 0. The molecule has 0 spiro atoms. The third-order valence-corrected chi connectivity index (χ3v) is 10.0. The lowest BCUT2D eigenvalue weighted by molar-refractivity contribution is 0.669. The SMILES string of the molecule is [2H]c1c([2H])c([2H])c2c(oc3c([2H])c(-c4nc(-c5ccccc5)nc(-c5cccc6oc7ccccc7c56)n4)c([2H])c([2H])c32)c1-c1cc(-c2ccccc2)cc(-c2ccccc2)c1. The lowest BCUT2D eigenvalue weighted by Crippen LogP contribution is -2.00. The summed E-state index contributed by atoms with van der Waals surface area (Å²) in [5.74, 6) is 0.564. The van der Waals surface area contributed by atoms with Gasteiger partial charge in [-0.3, -0.25) is 0 Å². The molecule has 262 valence electrons. The van der Waals surface area contributed by atoms with Crippen molar-refractivity contribution in [3.05, 3.63) is 188 Å². The van der Waals surface area contributed by atoms with Gasteiger partial charge in [-0.2, -0.15) is 0 Å². The van der Waals surface area contributed by atoms with E-state index < -0.39 is 0 Å². The van der Waals surface area contributed by atoms with E-state index in [9.17, 15) is 5.48 Å². The lowest BCUT2D eigenvalue weighted by atomic mass is 9.92. The molecule has 0 unspecified atom stereocenters. The molecule has 0 N–H and O–H groups in total. The van der Waals surface area contributed by atoms with Crippen LogP contribution in [0.4, 0.5) is 0 Å². The average Bonchev–Trinajstić information content (AvgIpc) is 3.91. The maximum Gasteiger partial charge on any atom is 0.164 e. The monoisotopic (exact) mass is 723 g/mol. The van der Waals surface area contributed by atoms with Crippen LogP contribution in [0.15, 0.2) is 197 Å². The van der Waals surface area contributed by atoms with Gasteiger partial charge in [-0.25, -0.2) is 15.0 Å². The molecule has 8 aromatic carbocycles. The molecule has 0 atom stereocenters. The Bertz CT molecular complexity index is 3540. The van der Waals surface area contributed by atoms with Gasteiger partial charge in [-0.05, 0) is 70.2 Å². The fourth-order valence-corrected chi connectivity index (χ4v) is 7.38. The van der Waals surface area contributed by atoms with Crippen molar-refractivity contribution in [3.8, 4) is 67.5 Å². The van der Waals surface area contributed by atoms with Gasteiger partial charge in [0.1, 0.15) is 22.3 Å². The van der Waals surface area contributed by atoms with E-state index in [1.165, 1.54) is 0 Å². The van der Waals surface area contributed by atoms with Gasteiger partial charge in [0.2, 0.25) is 0 Å². The molecule has 3 heterocycles. The molecule has 0 radical (unpaired) electrons. The third kappa shape index (κ3) is 5.45. The molecule has 0 aliphatic carbocycles. The Kier molecular flexibility index (Phi) is 6.10. The molecule has 0 amide bonds. The number of hydrogen-bond acceptors (Lipinski definition) is 5. The van der Waals surface area contributed by atoms with Crippen LogP contribution in [0.3, 0.4) is 0 Å². The van der Waals surface area contributed by atoms with Crippen molar-refractivity contribution in [1.82, 2.24) is 15.0 Å². The largest absolute Gasteiger partial charge is 0.456 e. The second-order valence-corrected chi connectivity index (χ2v) is 13.5. The highest BCUT2D eigenvalue weighted by Gasteiger charge is 2.20. The van der Waals surface area contributed by atoms with Gasteiger partial charge >= 0.3 is 0 Å². The highest BCUT2D eigenvalue weighted by atomic mass is 16.3. The molecule has 5 heteroatoms. The van der Waals surface area contributed by atoms with Crippen molar-refractivity contribution in [2.45, 2.75) is 0 Å². The van der Waals surface area contributed by atoms with E-state index in [1.54, 1.807) is 0 Å². The summed E-state index contributed by atoms with van der Waals surface area (Å²) in [5.41, 5.74) is 7.03. The van der Waals surface area contributed by atoms with Crippen LogP contribution in [-0.4, -0.2) is 15.0 Å². The van der Waals surface area contributed by atoms with E-state index in [0.717, 1.165) is 33.0 Å². The predicted octanol–water partition coefficient (Wildman–Crippen LogP) is 13.7. The van der Waals surface area contributed by atoms with Gasteiger partial charge in [-0.15, -0.1) is 0 Å². The van der Waals surface area contributed by atoms with Crippen LogP contribution in [0.1, 0.15) is 8.22 Å². The van der Waals surface area contributed by atoms with Crippen molar-refractivity contribution >= 4 is 43.9 Å². The molecule has 11 rings (SSSR count). The van der Waals surface area contributed by atoms with E-state index in [1.807, 2.05) is 146 Å². The minimum atomic E-state index is -0.362. The fraction of sp³-hybridized carbons (Fsp3) is 0. The minimum Gasteiger partial charge on any atom is -0.456 e. The zero-order chi connectivity index (χ0) is 42.2. The van der Waals surface area contributed by atoms with Crippen LogP contribution in [-0.2, 0) is 0 Å². The van der Waals surface area contributed by atoms with Crippen LogP contribution in [0.2, 0.25) is 0 Å². The standard InChI is InChI=1S/C51H31N3O2/c1-4-14-32(15-5-1)36-28-37(33-16-6-2-7-17-33)30-38(29-36)39-21-12-22-41-40-27-26-35(31-46(40)56-48(39)41)50-52-49(34-18-8-3-9-19-34)53-51(54-50)43-23-13-25-45-47(43)42-20-10-11-24-44(42)55-45/h1-31H/i12D,21D,22D,26D,27D,31D. The highest BCUT2D eigenvalue weighted by Crippen LogP contribution is 2.41. The van der Waals surface area contributed by atoms with Crippen molar-refractivity contribution in [2.24, 2.45) is 0 Å². The topological polar surface area (TPSA) is 65.0 Å². The molecule has 0 saturated heterocycles. The molecular formula is C51H31N3O2. The lowest BCUT2D eigenvalue weighted by Gasteiger charge is -2.11. The van der Waals surface area contributed by atoms with Crippen LogP contribution >= 0.6 is 0 Å². The molecule has 0 bridgehead atoms. The minimum absolute atomic E-state index is 0.0127. The number of rotatable bonds is 6.